The normalized spacial score (nSPS) is 28.4. The van der Waals surface area contributed by atoms with Crippen molar-refractivity contribution in [2.24, 2.45) is 5.41 Å². The van der Waals surface area contributed by atoms with Crippen LogP contribution in [-0.4, -0.2) is 49.4 Å². The fourth-order valence-corrected chi connectivity index (χ4v) is 2.92. The average Bonchev–Trinajstić information content (AvgIpc) is 2.64. The minimum atomic E-state index is -0.399. The third-order valence-corrected chi connectivity index (χ3v) is 3.89. The van der Waals surface area contributed by atoms with Crippen LogP contribution in [0.4, 0.5) is 10.3 Å². The number of hydrogen-bond acceptors (Lipinski definition) is 5. The first-order valence-corrected chi connectivity index (χ1v) is 6.78. The van der Waals surface area contributed by atoms with E-state index in [1.807, 2.05) is 0 Å². The van der Waals surface area contributed by atoms with E-state index in [2.05, 4.69) is 20.2 Å². The monoisotopic (exact) mass is 266 g/mol. The number of halogens is 1. The van der Waals surface area contributed by atoms with Gasteiger partial charge in [-0.1, -0.05) is 0 Å². The maximum absolute atomic E-state index is 12.9. The second-order valence-corrected chi connectivity index (χ2v) is 5.46. The standard InChI is InChI=1S/C13H19FN4O/c14-11-6-16-12(17-7-11)18-4-5-19-10-13(9-18)2-1-3-15-8-13/h6-7,15H,1-5,8-10H2/t13-/m0/s1. The molecule has 1 aromatic rings. The van der Waals surface area contributed by atoms with Gasteiger partial charge in [-0.2, -0.15) is 0 Å². The fraction of sp³-hybridized carbons (Fsp3) is 0.692. The van der Waals surface area contributed by atoms with Crippen molar-refractivity contribution >= 4 is 5.95 Å². The van der Waals surface area contributed by atoms with Gasteiger partial charge in [0.1, 0.15) is 0 Å². The fourth-order valence-electron chi connectivity index (χ4n) is 2.92. The number of aromatic nitrogens is 2. The minimum absolute atomic E-state index is 0.131. The molecule has 1 spiro atoms. The smallest absolute Gasteiger partial charge is 0.225 e. The molecule has 2 saturated heterocycles. The van der Waals surface area contributed by atoms with Crippen LogP contribution in [0.15, 0.2) is 12.4 Å². The largest absolute Gasteiger partial charge is 0.379 e. The summed E-state index contributed by atoms with van der Waals surface area (Å²) < 4.78 is 18.7. The first kappa shape index (κ1) is 12.7. The van der Waals surface area contributed by atoms with Crippen molar-refractivity contribution in [2.75, 3.05) is 44.3 Å². The van der Waals surface area contributed by atoms with E-state index < -0.39 is 5.82 Å². The molecule has 1 N–H and O–H groups in total. The molecule has 5 nitrogen and oxygen atoms in total. The Hall–Kier alpha value is -1.27. The first-order chi connectivity index (χ1) is 9.27. The second kappa shape index (κ2) is 5.38. The summed E-state index contributed by atoms with van der Waals surface area (Å²) in [6.45, 7) is 5.11. The zero-order valence-corrected chi connectivity index (χ0v) is 10.9. The molecule has 2 fully saturated rings. The van der Waals surface area contributed by atoms with Crippen molar-refractivity contribution in [1.82, 2.24) is 15.3 Å². The molecule has 2 aliphatic heterocycles. The molecule has 6 heteroatoms. The quantitative estimate of drug-likeness (QED) is 0.815. The lowest BCUT2D eigenvalue weighted by atomic mass is 9.81. The summed E-state index contributed by atoms with van der Waals surface area (Å²) >= 11 is 0. The molecule has 1 aromatic heterocycles. The topological polar surface area (TPSA) is 50.3 Å². The third-order valence-electron chi connectivity index (χ3n) is 3.89. The molecule has 0 unspecified atom stereocenters. The summed E-state index contributed by atoms with van der Waals surface area (Å²) in [7, 11) is 0. The lowest BCUT2D eigenvalue weighted by molar-refractivity contribution is 0.0536. The molecule has 0 aromatic carbocycles. The number of anilines is 1. The maximum Gasteiger partial charge on any atom is 0.225 e. The van der Waals surface area contributed by atoms with E-state index in [1.165, 1.54) is 18.8 Å². The summed E-state index contributed by atoms with van der Waals surface area (Å²) in [6, 6.07) is 0. The highest BCUT2D eigenvalue weighted by atomic mass is 19.1. The van der Waals surface area contributed by atoms with Crippen LogP contribution in [0.3, 0.4) is 0 Å². The van der Waals surface area contributed by atoms with Gasteiger partial charge < -0.3 is 15.0 Å². The van der Waals surface area contributed by atoms with Crippen LogP contribution in [-0.2, 0) is 4.74 Å². The minimum Gasteiger partial charge on any atom is -0.379 e. The van der Waals surface area contributed by atoms with Crippen molar-refractivity contribution in [3.8, 4) is 0 Å². The van der Waals surface area contributed by atoms with Gasteiger partial charge in [-0.3, -0.25) is 0 Å². The summed E-state index contributed by atoms with van der Waals surface area (Å²) in [5.41, 5.74) is 0.131. The molecule has 0 amide bonds. The predicted molar refractivity (Wildman–Crippen MR) is 69.6 cm³/mol. The zero-order chi connectivity index (χ0) is 13.1. The molecular weight excluding hydrogens is 247 g/mol. The summed E-state index contributed by atoms with van der Waals surface area (Å²) in [4.78, 5) is 10.3. The predicted octanol–water partition coefficient (Wildman–Crippen LogP) is 0.822. The molecule has 1 atom stereocenters. The molecule has 19 heavy (non-hydrogen) atoms. The second-order valence-electron chi connectivity index (χ2n) is 5.46. The molecule has 0 bridgehead atoms. The van der Waals surface area contributed by atoms with Gasteiger partial charge in [0, 0.05) is 25.0 Å². The number of nitrogens with one attached hydrogen (secondary N) is 1. The van der Waals surface area contributed by atoms with Gasteiger partial charge >= 0.3 is 0 Å². The molecule has 104 valence electrons. The molecule has 0 saturated carbocycles. The Morgan fingerprint density at radius 3 is 2.95 bits per heavy atom. The highest BCUT2D eigenvalue weighted by molar-refractivity contribution is 5.30. The Kier molecular flexibility index (Phi) is 3.61. The van der Waals surface area contributed by atoms with E-state index in [4.69, 9.17) is 4.74 Å². The van der Waals surface area contributed by atoms with Crippen LogP contribution >= 0.6 is 0 Å². The molecular formula is C13H19FN4O. The van der Waals surface area contributed by atoms with Crippen molar-refractivity contribution in [2.45, 2.75) is 12.8 Å². The Balaban J connectivity index is 1.78. The van der Waals surface area contributed by atoms with Crippen molar-refractivity contribution in [3.63, 3.8) is 0 Å². The Bertz CT molecular complexity index is 419. The van der Waals surface area contributed by atoms with Crippen molar-refractivity contribution in [3.05, 3.63) is 18.2 Å². The van der Waals surface area contributed by atoms with E-state index in [-0.39, 0.29) is 5.41 Å². The third kappa shape index (κ3) is 2.84. The van der Waals surface area contributed by atoms with Crippen LogP contribution in [0.1, 0.15) is 12.8 Å². The van der Waals surface area contributed by atoms with Crippen molar-refractivity contribution in [1.29, 1.82) is 0 Å². The highest BCUT2D eigenvalue weighted by Gasteiger charge is 2.36. The Morgan fingerprint density at radius 2 is 2.21 bits per heavy atom. The van der Waals surface area contributed by atoms with Crippen LogP contribution in [0, 0.1) is 11.2 Å². The SMILES string of the molecule is Fc1cnc(N2CCOC[C@]3(CCCNC3)C2)nc1. The van der Waals surface area contributed by atoms with Gasteiger partial charge in [0.05, 0.1) is 25.6 Å². The van der Waals surface area contributed by atoms with Gasteiger partial charge in [0.15, 0.2) is 5.82 Å². The lowest BCUT2D eigenvalue weighted by Crippen LogP contribution is -2.49. The molecule has 0 aliphatic carbocycles. The maximum atomic E-state index is 12.9. The number of rotatable bonds is 1. The zero-order valence-electron chi connectivity index (χ0n) is 10.9. The van der Waals surface area contributed by atoms with Crippen LogP contribution in [0.2, 0.25) is 0 Å². The average molecular weight is 266 g/mol. The molecule has 0 radical (unpaired) electrons. The molecule has 2 aliphatic rings. The Morgan fingerprint density at radius 1 is 1.37 bits per heavy atom. The number of nitrogens with zero attached hydrogens (tertiary/aromatic N) is 3. The van der Waals surface area contributed by atoms with E-state index in [0.717, 1.165) is 39.2 Å². The number of ether oxygens (including phenoxy) is 1. The molecule has 3 heterocycles. The first-order valence-electron chi connectivity index (χ1n) is 6.78. The van der Waals surface area contributed by atoms with Gasteiger partial charge in [0.2, 0.25) is 5.95 Å². The van der Waals surface area contributed by atoms with Gasteiger partial charge in [-0.25, -0.2) is 14.4 Å². The van der Waals surface area contributed by atoms with Gasteiger partial charge in [0.25, 0.3) is 0 Å². The van der Waals surface area contributed by atoms with Gasteiger partial charge in [-0.05, 0) is 19.4 Å². The van der Waals surface area contributed by atoms with Crippen LogP contribution in [0.5, 0.6) is 0 Å². The van der Waals surface area contributed by atoms with Crippen LogP contribution < -0.4 is 10.2 Å². The van der Waals surface area contributed by atoms with E-state index >= 15 is 0 Å². The molecule has 3 rings (SSSR count). The lowest BCUT2D eigenvalue weighted by Gasteiger charge is -2.38. The Labute approximate surface area is 112 Å². The van der Waals surface area contributed by atoms with Crippen LogP contribution in [0.25, 0.3) is 0 Å². The number of hydrogen-bond donors (Lipinski definition) is 1. The van der Waals surface area contributed by atoms with E-state index in [0.29, 0.717) is 12.6 Å². The van der Waals surface area contributed by atoms with E-state index in [9.17, 15) is 4.39 Å². The van der Waals surface area contributed by atoms with Crippen molar-refractivity contribution < 1.29 is 9.13 Å². The van der Waals surface area contributed by atoms with E-state index in [1.54, 1.807) is 0 Å². The highest BCUT2D eigenvalue weighted by Crippen LogP contribution is 2.30. The van der Waals surface area contributed by atoms with Gasteiger partial charge in [-0.15, -0.1) is 0 Å². The summed E-state index contributed by atoms with van der Waals surface area (Å²) in [5, 5.41) is 3.45. The summed E-state index contributed by atoms with van der Waals surface area (Å²) in [6.07, 6.45) is 4.76. The summed E-state index contributed by atoms with van der Waals surface area (Å²) in [5.74, 6) is 0.195. The number of piperidine rings is 1.